The minimum atomic E-state index is 0.304. The van der Waals surface area contributed by atoms with Gasteiger partial charge < -0.3 is 9.88 Å². The van der Waals surface area contributed by atoms with Crippen molar-refractivity contribution in [3.63, 3.8) is 0 Å². The maximum Gasteiger partial charge on any atom is 0.132 e. The summed E-state index contributed by atoms with van der Waals surface area (Å²) in [7, 11) is 4.33. The van der Waals surface area contributed by atoms with Gasteiger partial charge in [0.05, 0.1) is 6.04 Å². The lowest BCUT2D eigenvalue weighted by Crippen LogP contribution is -2.32. The third kappa shape index (κ3) is 2.79. The van der Waals surface area contributed by atoms with E-state index in [-0.39, 0.29) is 0 Å². The van der Waals surface area contributed by atoms with E-state index in [2.05, 4.69) is 40.8 Å². The van der Waals surface area contributed by atoms with Crippen molar-refractivity contribution in [1.29, 1.82) is 0 Å². The fourth-order valence-electron chi connectivity index (χ4n) is 2.39. The molecule has 0 aliphatic carbocycles. The van der Waals surface area contributed by atoms with Crippen molar-refractivity contribution >= 4 is 12.2 Å². The molecule has 2 heterocycles. The van der Waals surface area contributed by atoms with Crippen LogP contribution in [0, 0.1) is 18.5 Å². The van der Waals surface area contributed by atoms with Gasteiger partial charge in [-0.2, -0.15) is 0 Å². The second-order valence-electron chi connectivity index (χ2n) is 5.29. The molecule has 1 atom stereocenters. The Morgan fingerprint density at radius 3 is 2.67 bits per heavy atom. The Kier molecular flexibility index (Phi) is 4.14. The number of aryl methyl sites for hydroxylation is 1. The van der Waals surface area contributed by atoms with Crippen molar-refractivity contribution < 1.29 is 0 Å². The molecule has 0 saturated carbocycles. The van der Waals surface area contributed by atoms with Crippen LogP contribution >= 0.6 is 12.2 Å². The zero-order chi connectivity index (χ0) is 13.3. The Morgan fingerprint density at radius 1 is 1.28 bits per heavy atom. The highest BCUT2D eigenvalue weighted by Crippen LogP contribution is 2.21. The van der Waals surface area contributed by atoms with Gasteiger partial charge in [0, 0.05) is 17.8 Å². The van der Waals surface area contributed by atoms with Gasteiger partial charge in [0.1, 0.15) is 10.5 Å². The fourth-order valence-corrected chi connectivity index (χ4v) is 2.64. The Balaban J connectivity index is 2.36. The van der Waals surface area contributed by atoms with Crippen LogP contribution in [0.5, 0.6) is 0 Å². The summed E-state index contributed by atoms with van der Waals surface area (Å²) in [6, 6.07) is 0.304. The van der Waals surface area contributed by atoms with Gasteiger partial charge in [0.2, 0.25) is 0 Å². The number of aromatic amines is 1. The molecule has 18 heavy (non-hydrogen) atoms. The van der Waals surface area contributed by atoms with E-state index >= 15 is 0 Å². The van der Waals surface area contributed by atoms with E-state index in [0.717, 1.165) is 41.4 Å². The monoisotopic (exact) mass is 266 g/mol. The second kappa shape index (κ2) is 5.47. The van der Waals surface area contributed by atoms with Crippen molar-refractivity contribution in [2.24, 2.45) is 0 Å². The van der Waals surface area contributed by atoms with Crippen molar-refractivity contribution in [2.75, 3.05) is 33.7 Å². The number of hydrogen-bond donors (Lipinski definition) is 1. The Hall–Kier alpha value is -0.780. The Morgan fingerprint density at radius 2 is 2.00 bits per heavy atom. The average Bonchev–Trinajstić information content (AvgIpc) is 2.47. The summed E-state index contributed by atoms with van der Waals surface area (Å²) in [5, 5.41) is 0. The van der Waals surface area contributed by atoms with Gasteiger partial charge >= 0.3 is 0 Å². The highest BCUT2D eigenvalue weighted by Gasteiger charge is 2.24. The van der Waals surface area contributed by atoms with Crippen LogP contribution in [0.25, 0.3) is 0 Å². The number of nitrogens with zero attached hydrogens (tertiary/aromatic N) is 3. The van der Waals surface area contributed by atoms with Gasteiger partial charge in [0.15, 0.2) is 0 Å². The first-order valence-corrected chi connectivity index (χ1v) is 6.86. The summed E-state index contributed by atoms with van der Waals surface area (Å²) in [5.74, 6) is 0.999. The van der Waals surface area contributed by atoms with Gasteiger partial charge in [0.25, 0.3) is 0 Å². The van der Waals surface area contributed by atoms with Crippen molar-refractivity contribution in [3.8, 4) is 0 Å². The summed E-state index contributed by atoms with van der Waals surface area (Å²) in [5.41, 5.74) is 2.21. The molecule has 2 rings (SSSR count). The van der Waals surface area contributed by atoms with Gasteiger partial charge in [-0.1, -0.05) is 12.2 Å². The number of likely N-dealkylation sites (N-methyl/N-ethyl adjacent to an activating group) is 2. The zero-order valence-electron chi connectivity index (χ0n) is 11.7. The topological polar surface area (TPSA) is 35.2 Å². The number of aromatic nitrogens is 2. The summed E-state index contributed by atoms with van der Waals surface area (Å²) in [6.45, 7) is 7.33. The first-order valence-electron chi connectivity index (χ1n) is 6.45. The maximum absolute atomic E-state index is 5.34. The predicted octanol–water partition coefficient (Wildman–Crippen LogP) is 2.06. The van der Waals surface area contributed by atoms with E-state index in [1.165, 1.54) is 6.42 Å². The quantitative estimate of drug-likeness (QED) is 0.789. The maximum atomic E-state index is 5.34. The molecular formula is C13H22N4S. The van der Waals surface area contributed by atoms with Crippen LogP contribution in [-0.4, -0.2) is 53.5 Å². The van der Waals surface area contributed by atoms with E-state index in [0.29, 0.717) is 6.04 Å². The molecule has 100 valence electrons. The molecule has 1 aromatic rings. The average molecular weight is 266 g/mol. The minimum absolute atomic E-state index is 0.304. The van der Waals surface area contributed by atoms with E-state index in [9.17, 15) is 0 Å². The van der Waals surface area contributed by atoms with E-state index in [1.54, 1.807) is 0 Å². The lowest BCUT2D eigenvalue weighted by molar-refractivity contribution is 0.219. The number of H-pyrrole nitrogens is 1. The van der Waals surface area contributed by atoms with Gasteiger partial charge in [-0.05, 0) is 47.5 Å². The second-order valence-corrected chi connectivity index (χ2v) is 5.68. The zero-order valence-corrected chi connectivity index (χ0v) is 12.5. The number of rotatable bonds is 1. The molecule has 0 spiro atoms. The van der Waals surface area contributed by atoms with Crippen LogP contribution in [-0.2, 0) is 0 Å². The van der Waals surface area contributed by atoms with Gasteiger partial charge in [-0.3, -0.25) is 4.90 Å². The van der Waals surface area contributed by atoms with E-state index in [4.69, 9.17) is 12.2 Å². The van der Waals surface area contributed by atoms with Crippen molar-refractivity contribution in [2.45, 2.75) is 26.3 Å². The van der Waals surface area contributed by atoms with Crippen LogP contribution in [0.15, 0.2) is 0 Å². The van der Waals surface area contributed by atoms with E-state index in [1.807, 2.05) is 6.92 Å². The molecule has 0 aromatic carbocycles. The molecule has 1 aliphatic rings. The lowest BCUT2D eigenvalue weighted by Gasteiger charge is -2.27. The molecule has 1 unspecified atom stereocenters. The van der Waals surface area contributed by atoms with Crippen LogP contribution in [0.2, 0.25) is 0 Å². The summed E-state index contributed by atoms with van der Waals surface area (Å²) < 4.78 is 0.724. The Bertz CT molecular complexity index is 482. The smallest absolute Gasteiger partial charge is 0.132 e. The summed E-state index contributed by atoms with van der Waals surface area (Å²) in [4.78, 5) is 12.7. The molecule has 1 aromatic heterocycles. The van der Waals surface area contributed by atoms with Gasteiger partial charge in [-0.15, -0.1) is 0 Å². The van der Waals surface area contributed by atoms with Crippen LogP contribution in [0.4, 0.5) is 0 Å². The summed E-state index contributed by atoms with van der Waals surface area (Å²) in [6.07, 6.45) is 1.20. The molecule has 1 aliphatic heterocycles. The SMILES string of the molecule is Cc1[nH]c(C2CN(C)CCCN2C)nc(=S)c1C. The molecule has 0 radical (unpaired) electrons. The van der Waals surface area contributed by atoms with Crippen LogP contribution in [0.1, 0.15) is 29.5 Å². The van der Waals surface area contributed by atoms with E-state index < -0.39 is 0 Å². The van der Waals surface area contributed by atoms with Crippen LogP contribution in [0.3, 0.4) is 0 Å². The molecule has 1 N–H and O–H groups in total. The predicted molar refractivity (Wildman–Crippen MR) is 76.4 cm³/mol. The third-order valence-corrected chi connectivity index (χ3v) is 4.20. The Labute approximate surface area is 114 Å². The molecule has 5 heteroatoms. The largest absolute Gasteiger partial charge is 0.346 e. The normalized spacial score (nSPS) is 23.0. The molecular weight excluding hydrogens is 244 g/mol. The standard InChI is InChI=1S/C13H22N4S/c1-9-10(2)14-12(15-13(9)18)11-8-16(3)6-5-7-17(11)4/h11H,5-8H2,1-4H3,(H,14,15,18). The lowest BCUT2D eigenvalue weighted by atomic mass is 10.2. The molecule has 1 fully saturated rings. The molecule has 1 saturated heterocycles. The highest BCUT2D eigenvalue weighted by atomic mass is 32.1. The summed E-state index contributed by atoms with van der Waals surface area (Å²) >= 11 is 5.34. The van der Waals surface area contributed by atoms with Crippen molar-refractivity contribution in [1.82, 2.24) is 19.8 Å². The first-order chi connectivity index (χ1) is 8.49. The molecule has 4 nitrogen and oxygen atoms in total. The number of hydrogen-bond acceptors (Lipinski definition) is 4. The van der Waals surface area contributed by atoms with Crippen LogP contribution < -0.4 is 0 Å². The molecule has 0 amide bonds. The highest BCUT2D eigenvalue weighted by molar-refractivity contribution is 7.71. The van der Waals surface area contributed by atoms with Crippen molar-refractivity contribution in [3.05, 3.63) is 21.7 Å². The third-order valence-electron chi connectivity index (χ3n) is 3.80. The number of nitrogens with one attached hydrogen (secondary N) is 1. The minimum Gasteiger partial charge on any atom is -0.346 e. The first kappa shape index (κ1) is 13.6. The fraction of sp³-hybridized carbons (Fsp3) is 0.692. The molecule has 0 bridgehead atoms. The van der Waals surface area contributed by atoms with Gasteiger partial charge in [-0.25, -0.2) is 4.98 Å².